The number of alkyl halides is 3. The van der Waals surface area contributed by atoms with Gasteiger partial charge in [-0.25, -0.2) is 29.3 Å². The number of aromatic nitrogens is 7. The molecule has 0 radical (unpaired) electrons. The lowest BCUT2D eigenvalue weighted by molar-refractivity contribution is -0.140. The number of rotatable bonds is 8. The largest absolute Gasteiger partial charge is 0.490 e. The average molecular weight is 517 g/mol. The molecule has 0 bridgehead atoms. The Morgan fingerprint density at radius 3 is 2.43 bits per heavy atom. The normalized spacial score (nSPS) is 13.5. The van der Waals surface area contributed by atoms with E-state index in [9.17, 15) is 17.6 Å². The van der Waals surface area contributed by atoms with Crippen molar-refractivity contribution < 1.29 is 31.8 Å². The molecule has 5 rings (SSSR count). The summed E-state index contributed by atoms with van der Waals surface area (Å²) in [5.74, 6) is -0.0616. The van der Waals surface area contributed by atoms with E-state index in [-0.39, 0.29) is 41.5 Å². The van der Waals surface area contributed by atoms with Crippen LogP contribution in [0.1, 0.15) is 35.7 Å². The zero-order chi connectivity index (χ0) is 26.2. The van der Waals surface area contributed by atoms with Gasteiger partial charge in [-0.2, -0.15) is 18.2 Å². The van der Waals surface area contributed by atoms with Gasteiger partial charge in [0.25, 0.3) is 5.88 Å². The second-order valence-electron chi connectivity index (χ2n) is 8.09. The minimum absolute atomic E-state index is 0.0745. The third kappa shape index (κ3) is 4.99. The molecular weight excluding hydrogens is 498 g/mol. The highest BCUT2D eigenvalue weighted by atomic mass is 19.4. The van der Waals surface area contributed by atoms with Crippen LogP contribution in [-0.2, 0) is 12.8 Å². The zero-order valence-electron chi connectivity index (χ0n) is 19.5. The topological polar surface area (TPSA) is 121 Å². The highest BCUT2D eigenvalue weighted by Crippen LogP contribution is 2.45. The summed E-state index contributed by atoms with van der Waals surface area (Å²) in [6.45, 7) is -0.166. The number of methoxy groups -OCH3 is 2. The van der Waals surface area contributed by atoms with Crippen molar-refractivity contribution in [2.24, 2.45) is 0 Å². The molecule has 0 unspecified atom stereocenters. The second-order valence-corrected chi connectivity index (χ2v) is 8.09. The van der Waals surface area contributed by atoms with E-state index in [0.29, 0.717) is 23.2 Å². The summed E-state index contributed by atoms with van der Waals surface area (Å²) in [5.41, 5.74) is 0.161. The highest BCUT2D eigenvalue weighted by molar-refractivity contribution is 5.66. The molecule has 4 aromatic heterocycles. The molecule has 14 heteroatoms. The van der Waals surface area contributed by atoms with Crippen LogP contribution in [0, 0.1) is 5.82 Å². The monoisotopic (exact) mass is 517 g/mol. The van der Waals surface area contributed by atoms with Gasteiger partial charge in [-0.05, 0) is 18.9 Å². The lowest BCUT2D eigenvalue weighted by Crippen LogP contribution is -2.06. The van der Waals surface area contributed by atoms with Gasteiger partial charge < -0.3 is 19.2 Å². The van der Waals surface area contributed by atoms with Crippen LogP contribution in [0.4, 0.5) is 17.6 Å². The van der Waals surface area contributed by atoms with Gasteiger partial charge in [0, 0.05) is 17.7 Å². The van der Waals surface area contributed by atoms with Gasteiger partial charge in [-0.1, -0.05) is 0 Å². The number of pyridine rings is 1. The van der Waals surface area contributed by atoms with Gasteiger partial charge in [-0.3, -0.25) is 0 Å². The molecule has 0 amide bonds. The van der Waals surface area contributed by atoms with E-state index in [2.05, 4.69) is 29.9 Å². The van der Waals surface area contributed by atoms with Crippen molar-refractivity contribution in [3.63, 3.8) is 0 Å². The summed E-state index contributed by atoms with van der Waals surface area (Å²) in [6.07, 6.45) is 2.02. The van der Waals surface area contributed by atoms with Gasteiger partial charge in [0.05, 0.1) is 32.3 Å². The van der Waals surface area contributed by atoms with Crippen LogP contribution in [0.2, 0.25) is 0 Å². The number of halogens is 4. The maximum absolute atomic E-state index is 14.7. The van der Waals surface area contributed by atoms with Gasteiger partial charge in [0.2, 0.25) is 5.88 Å². The molecule has 4 heterocycles. The van der Waals surface area contributed by atoms with Crippen LogP contribution >= 0.6 is 0 Å². The van der Waals surface area contributed by atoms with Gasteiger partial charge in [-0.15, -0.1) is 0 Å². The minimum Gasteiger partial charge on any atom is -0.490 e. The standard InChI is InChI=1S/C23H19F4N7O3/c1-35-14-7-29-19(16-17(12-3-4-12)31-10-32-22(16)36-2)34-21(14)37-9-11-5-13(24)18(28-6-11)20-30-8-15(33-20)23(25,26)27/h5-8,10,12H,3-4,9H2,1-2H3,(H,30,33). The molecule has 1 aliphatic rings. The number of ether oxygens (including phenoxy) is 3. The van der Waals surface area contributed by atoms with Crippen LogP contribution in [0.15, 0.2) is 31.0 Å². The van der Waals surface area contributed by atoms with Crippen molar-refractivity contribution in [2.45, 2.75) is 31.5 Å². The molecule has 10 nitrogen and oxygen atoms in total. The second kappa shape index (κ2) is 9.59. The molecule has 0 aromatic carbocycles. The maximum Gasteiger partial charge on any atom is 0.432 e. The Morgan fingerprint density at radius 2 is 1.78 bits per heavy atom. The van der Waals surface area contributed by atoms with Crippen LogP contribution < -0.4 is 14.2 Å². The number of H-pyrrole nitrogens is 1. The number of nitrogens with one attached hydrogen (secondary N) is 1. The molecule has 1 fully saturated rings. The fraction of sp³-hybridized carbons (Fsp3) is 0.304. The third-order valence-corrected chi connectivity index (χ3v) is 5.54. The number of hydrogen-bond acceptors (Lipinski definition) is 9. The Hall–Kier alpha value is -4.36. The fourth-order valence-electron chi connectivity index (χ4n) is 3.60. The van der Waals surface area contributed by atoms with Crippen LogP contribution in [0.5, 0.6) is 17.5 Å². The first-order valence-corrected chi connectivity index (χ1v) is 11.0. The first kappa shape index (κ1) is 24.3. The van der Waals surface area contributed by atoms with Crippen molar-refractivity contribution >= 4 is 0 Å². The Labute approximate surface area is 207 Å². The van der Waals surface area contributed by atoms with Gasteiger partial charge in [0.1, 0.15) is 29.9 Å². The Kier molecular flexibility index (Phi) is 6.31. The summed E-state index contributed by atoms with van der Waals surface area (Å²) < 4.78 is 69.6. The quantitative estimate of drug-likeness (QED) is 0.340. The number of imidazole rings is 1. The highest BCUT2D eigenvalue weighted by Gasteiger charge is 2.34. The van der Waals surface area contributed by atoms with E-state index in [4.69, 9.17) is 14.2 Å². The molecule has 0 atom stereocenters. The van der Waals surface area contributed by atoms with Crippen molar-refractivity contribution in [3.8, 4) is 40.4 Å². The molecule has 1 N–H and O–H groups in total. The fourth-order valence-corrected chi connectivity index (χ4v) is 3.60. The molecule has 192 valence electrons. The predicted molar refractivity (Wildman–Crippen MR) is 119 cm³/mol. The van der Waals surface area contributed by atoms with Crippen LogP contribution in [0.25, 0.3) is 22.9 Å². The molecular formula is C23H19F4N7O3. The van der Waals surface area contributed by atoms with Crippen molar-refractivity contribution in [1.29, 1.82) is 0 Å². The number of aromatic amines is 1. The van der Waals surface area contributed by atoms with Gasteiger partial charge >= 0.3 is 6.18 Å². The van der Waals surface area contributed by atoms with E-state index in [1.54, 1.807) is 0 Å². The molecule has 0 aliphatic heterocycles. The first-order valence-electron chi connectivity index (χ1n) is 11.0. The first-order chi connectivity index (χ1) is 17.8. The van der Waals surface area contributed by atoms with Crippen LogP contribution in [0.3, 0.4) is 0 Å². The van der Waals surface area contributed by atoms with E-state index in [0.717, 1.165) is 24.6 Å². The lowest BCUT2D eigenvalue weighted by atomic mass is 10.1. The zero-order valence-corrected chi connectivity index (χ0v) is 19.5. The molecule has 1 aliphatic carbocycles. The molecule has 1 saturated carbocycles. The summed E-state index contributed by atoms with van der Waals surface area (Å²) >= 11 is 0. The summed E-state index contributed by atoms with van der Waals surface area (Å²) in [7, 11) is 2.91. The SMILES string of the molecule is COc1cnc(-c2c(OC)ncnc2C2CC2)nc1OCc1cnc(-c2ncc(C(F)(F)F)[nH]2)c(F)c1. The number of hydrogen-bond donors (Lipinski definition) is 1. The minimum atomic E-state index is -4.64. The van der Waals surface area contributed by atoms with Crippen molar-refractivity contribution in [3.05, 3.63) is 53.8 Å². The number of nitrogens with zero attached hydrogens (tertiary/aromatic N) is 6. The lowest BCUT2D eigenvalue weighted by Gasteiger charge is -2.13. The van der Waals surface area contributed by atoms with E-state index < -0.39 is 17.7 Å². The van der Waals surface area contributed by atoms with Gasteiger partial charge in [0.15, 0.2) is 23.2 Å². The Balaban J connectivity index is 1.39. The summed E-state index contributed by atoms with van der Waals surface area (Å²) in [4.78, 5) is 26.9. The molecule has 4 aromatic rings. The van der Waals surface area contributed by atoms with Crippen molar-refractivity contribution in [1.82, 2.24) is 34.9 Å². The van der Waals surface area contributed by atoms with E-state index in [1.165, 1.54) is 32.9 Å². The molecule has 37 heavy (non-hydrogen) atoms. The predicted octanol–water partition coefficient (Wildman–Crippen LogP) is 4.35. The molecule has 0 saturated heterocycles. The summed E-state index contributed by atoms with van der Waals surface area (Å²) in [5, 5.41) is 0. The summed E-state index contributed by atoms with van der Waals surface area (Å²) in [6, 6.07) is 1.09. The van der Waals surface area contributed by atoms with Crippen LogP contribution in [-0.4, -0.2) is 49.1 Å². The van der Waals surface area contributed by atoms with Crippen molar-refractivity contribution in [2.75, 3.05) is 14.2 Å². The molecule has 0 spiro atoms. The Morgan fingerprint density at radius 1 is 0.973 bits per heavy atom. The third-order valence-electron chi connectivity index (χ3n) is 5.54. The average Bonchev–Trinajstić information content (AvgIpc) is 3.61. The van der Waals surface area contributed by atoms with E-state index in [1.807, 2.05) is 4.98 Å². The van der Waals surface area contributed by atoms with E-state index >= 15 is 0 Å². The maximum atomic E-state index is 14.7. The smallest absolute Gasteiger partial charge is 0.432 e. The Bertz CT molecular complexity index is 1440.